The molecule has 2 rings (SSSR count). The largest absolute Gasteiger partial charge is 0.384 e. The molecule has 2 heterocycles. The summed E-state index contributed by atoms with van der Waals surface area (Å²) in [4.78, 5) is 7.51. The minimum absolute atomic E-state index is 0.00313. The molecule has 0 saturated carbocycles. The fraction of sp³-hybridized carbons (Fsp3) is 0. The summed E-state index contributed by atoms with van der Waals surface area (Å²) in [5.41, 5.74) is 5.59. The van der Waals surface area contributed by atoms with E-state index in [1.165, 1.54) is 36.8 Å². The summed E-state index contributed by atoms with van der Waals surface area (Å²) in [6, 6.07) is 4.25. The highest BCUT2D eigenvalue weighted by atomic mass is 35.5. The van der Waals surface area contributed by atoms with E-state index < -0.39 is 10.0 Å². The molecule has 0 atom stereocenters. The van der Waals surface area contributed by atoms with Gasteiger partial charge in [-0.2, -0.15) is 0 Å². The third-order valence-electron chi connectivity index (χ3n) is 2.08. The van der Waals surface area contributed by atoms with Crippen LogP contribution < -0.4 is 10.5 Å². The molecule has 0 aliphatic rings. The molecule has 0 aliphatic heterocycles. The zero-order valence-corrected chi connectivity index (χ0v) is 10.6. The van der Waals surface area contributed by atoms with Crippen molar-refractivity contribution in [2.75, 3.05) is 10.5 Å². The second kappa shape index (κ2) is 4.79. The number of hydrogen-bond donors (Lipinski definition) is 2. The first-order valence-electron chi connectivity index (χ1n) is 4.83. The zero-order valence-electron chi connectivity index (χ0n) is 9.04. The van der Waals surface area contributed by atoms with Crippen LogP contribution in [0.1, 0.15) is 0 Å². The van der Waals surface area contributed by atoms with Gasteiger partial charge in [-0.25, -0.2) is 13.4 Å². The molecule has 18 heavy (non-hydrogen) atoms. The van der Waals surface area contributed by atoms with Crippen LogP contribution in [0.3, 0.4) is 0 Å². The predicted octanol–water partition coefficient (Wildman–Crippen LogP) is 1.51. The molecule has 0 saturated heterocycles. The molecule has 0 spiro atoms. The van der Waals surface area contributed by atoms with E-state index in [1.807, 2.05) is 0 Å². The van der Waals surface area contributed by atoms with Gasteiger partial charge >= 0.3 is 0 Å². The quantitative estimate of drug-likeness (QED) is 0.890. The summed E-state index contributed by atoms with van der Waals surface area (Å²) in [7, 11) is -3.75. The van der Waals surface area contributed by atoms with Gasteiger partial charge in [-0.1, -0.05) is 11.6 Å². The number of sulfonamides is 1. The zero-order chi connectivity index (χ0) is 13.2. The third kappa shape index (κ3) is 2.69. The summed E-state index contributed by atoms with van der Waals surface area (Å²) in [5.74, 6) is 0.244. The van der Waals surface area contributed by atoms with Gasteiger partial charge < -0.3 is 5.73 Å². The molecule has 3 N–H and O–H groups in total. The summed E-state index contributed by atoms with van der Waals surface area (Å²) < 4.78 is 26.3. The van der Waals surface area contributed by atoms with Crippen molar-refractivity contribution < 1.29 is 8.42 Å². The van der Waals surface area contributed by atoms with E-state index in [9.17, 15) is 8.42 Å². The van der Waals surface area contributed by atoms with Crippen LogP contribution in [0, 0.1) is 0 Å². The molecule has 0 aliphatic carbocycles. The van der Waals surface area contributed by atoms with E-state index >= 15 is 0 Å². The van der Waals surface area contributed by atoms with Gasteiger partial charge in [-0.3, -0.25) is 9.71 Å². The molecule has 0 unspecified atom stereocenters. The summed E-state index contributed by atoms with van der Waals surface area (Å²) in [6.45, 7) is 0. The topological polar surface area (TPSA) is 98.0 Å². The van der Waals surface area contributed by atoms with Crippen LogP contribution in [-0.4, -0.2) is 18.4 Å². The van der Waals surface area contributed by atoms with Gasteiger partial charge in [0.05, 0.1) is 16.9 Å². The van der Waals surface area contributed by atoms with Crippen LogP contribution in [-0.2, 0) is 10.0 Å². The molecular formula is C10H9ClN4O2S. The second-order valence-corrected chi connectivity index (χ2v) is 5.47. The highest BCUT2D eigenvalue weighted by molar-refractivity contribution is 7.92. The van der Waals surface area contributed by atoms with Gasteiger partial charge in [0.1, 0.15) is 10.7 Å². The normalized spacial score (nSPS) is 11.2. The number of nitrogens with one attached hydrogen (secondary N) is 1. The van der Waals surface area contributed by atoms with Gasteiger partial charge in [-0.15, -0.1) is 0 Å². The Hall–Kier alpha value is -1.86. The van der Waals surface area contributed by atoms with E-state index in [0.29, 0.717) is 0 Å². The summed E-state index contributed by atoms with van der Waals surface area (Å²) in [5, 5.41) is 0.261. The van der Waals surface area contributed by atoms with Crippen molar-refractivity contribution in [3.8, 4) is 0 Å². The first-order chi connectivity index (χ1) is 8.49. The van der Waals surface area contributed by atoms with Crippen LogP contribution >= 0.6 is 11.6 Å². The summed E-state index contributed by atoms with van der Waals surface area (Å²) in [6.07, 6.45) is 3.96. The highest BCUT2D eigenvalue weighted by Crippen LogP contribution is 2.22. The number of nitrogens with two attached hydrogens (primary N) is 1. The van der Waals surface area contributed by atoms with Crippen molar-refractivity contribution in [2.24, 2.45) is 0 Å². The minimum Gasteiger partial charge on any atom is -0.384 e. The molecule has 6 nitrogen and oxygen atoms in total. The number of hydrogen-bond acceptors (Lipinski definition) is 5. The van der Waals surface area contributed by atoms with Crippen molar-refractivity contribution in [3.05, 3.63) is 41.8 Å². The molecule has 2 aromatic heterocycles. The fourth-order valence-electron chi connectivity index (χ4n) is 1.21. The van der Waals surface area contributed by atoms with Crippen LogP contribution in [0.15, 0.2) is 41.7 Å². The monoisotopic (exact) mass is 284 g/mol. The molecule has 0 aromatic carbocycles. The number of anilines is 2. The Morgan fingerprint density at radius 3 is 2.61 bits per heavy atom. The molecule has 0 fully saturated rings. The molecule has 2 aromatic rings. The molecule has 94 valence electrons. The van der Waals surface area contributed by atoms with Crippen molar-refractivity contribution in [1.29, 1.82) is 0 Å². The maximum absolute atomic E-state index is 12.0. The van der Waals surface area contributed by atoms with E-state index in [-0.39, 0.29) is 21.4 Å². The van der Waals surface area contributed by atoms with Crippen molar-refractivity contribution in [1.82, 2.24) is 9.97 Å². The second-order valence-electron chi connectivity index (χ2n) is 3.38. The molecule has 0 amide bonds. The van der Waals surface area contributed by atoms with E-state index in [4.69, 9.17) is 17.3 Å². The van der Waals surface area contributed by atoms with E-state index in [1.54, 1.807) is 0 Å². The first kappa shape index (κ1) is 12.6. The number of aromatic nitrogens is 2. The van der Waals surface area contributed by atoms with Gasteiger partial charge in [0.15, 0.2) is 0 Å². The number of nitrogen functional groups attached to an aromatic ring is 1. The lowest BCUT2D eigenvalue weighted by Crippen LogP contribution is -2.13. The maximum Gasteiger partial charge on any atom is 0.263 e. The lowest BCUT2D eigenvalue weighted by Gasteiger charge is -2.08. The van der Waals surface area contributed by atoms with Gasteiger partial charge in [0.25, 0.3) is 10.0 Å². The Morgan fingerprint density at radius 2 is 2.00 bits per heavy atom. The summed E-state index contributed by atoms with van der Waals surface area (Å²) >= 11 is 5.84. The van der Waals surface area contributed by atoms with Gasteiger partial charge in [-0.05, 0) is 18.2 Å². The Morgan fingerprint density at radius 1 is 1.22 bits per heavy atom. The average Bonchev–Trinajstić information content (AvgIpc) is 2.32. The Labute approximate surface area is 109 Å². The fourth-order valence-corrected chi connectivity index (χ4v) is 2.42. The first-order valence-corrected chi connectivity index (χ1v) is 6.69. The van der Waals surface area contributed by atoms with Crippen molar-refractivity contribution in [3.63, 3.8) is 0 Å². The van der Waals surface area contributed by atoms with E-state index in [0.717, 1.165) is 0 Å². The molecule has 0 radical (unpaired) electrons. The molecular weight excluding hydrogens is 276 g/mol. The van der Waals surface area contributed by atoms with Crippen LogP contribution in [0.25, 0.3) is 0 Å². The van der Waals surface area contributed by atoms with Crippen molar-refractivity contribution >= 4 is 33.1 Å². The van der Waals surface area contributed by atoms with Crippen LogP contribution in [0.2, 0.25) is 5.02 Å². The van der Waals surface area contributed by atoms with Gasteiger partial charge in [0, 0.05) is 12.4 Å². The number of nitrogens with zero attached hydrogens (tertiary/aromatic N) is 2. The molecule has 8 heteroatoms. The van der Waals surface area contributed by atoms with Crippen molar-refractivity contribution in [2.45, 2.75) is 4.90 Å². The molecule has 0 bridgehead atoms. The van der Waals surface area contributed by atoms with Crippen LogP contribution in [0.4, 0.5) is 11.5 Å². The Bertz CT molecular complexity index is 658. The number of pyridine rings is 2. The number of halogens is 1. The SMILES string of the molecule is Nc1ccc(S(=O)(=O)Nc2cnccc2Cl)cn1. The minimum atomic E-state index is -3.75. The van der Waals surface area contributed by atoms with Crippen LogP contribution in [0.5, 0.6) is 0 Å². The number of rotatable bonds is 3. The highest BCUT2D eigenvalue weighted by Gasteiger charge is 2.15. The lowest BCUT2D eigenvalue weighted by atomic mass is 10.4. The standard InChI is InChI=1S/C10H9ClN4O2S/c11-8-3-4-13-6-9(8)15-18(16,17)7-1-2-10(12)14-5-7/h1-6,15H,(H2,12,14). The lowest BCUT2D eigenvalue weighted by molar-refractivity contribution is 0.601. The predicted molar refractivity (Wildman–Crippen MR) is 68.7 cm³/mol. The maximum atomic E-state index is 12.0. The Kier molecular flexibility index (Phi) is 3.35. The smallest absolute Gasteiger partial charge is 0.263 e. The van der Waals surface area contributed by atoms with Gasteiger partial charge in [0.2, 0.25) is 0 Å². The third-order valence-corrected chi connectivity index (χ3v) is 3.76. The van der Waals surface area contributed by atoms with E-state index in [2.05, 4.69) is 14.7 Å². The Balaban J connectivity index is 2.33. The average molecular weight is 285 g/mol.